The Kier molecular flexibility index (Phi) is 18.0. The Morgan fingerprint density at radius 3 is 2.20 bits per heavy atom. The molecular formula is C11H21Cl3N4O2. The SMILES string of the molecule is Cl.Cl.Cl.NCCNCCNC(c1ccccc1)[N+](=O)[O-]. The third-order valence-electron chi connectivity index (χ3n) is 2.29. The van der Waals surface area contributed by atoms with Gasteiger partial charge in [0.1, 0.15) is 0 Å². The Morgan fingerprint density at radius 1 is 1.10 bits per heavy atom. The van der Waals surface area contributed by atoms with Crippen molar-refractivity contribution in [3.05, 3.63) is 46.0 Å². The average Bonchev–Trinajstić information content (AvgIpc) is 2.34. The monoisotopic (exact) mass is 346 g/mol. The number of halogens is 3. The van der Waals surface area contributed by atoms with Crippen LogP contribution in [0, 0.1) is 10.1 Å². The summed E-state index contributed by atoms with van der Waals surface area (Å²) in [5, 5.41) is 16.9. The molecule has 0 amide bonds. The van der Waals surface area contributed by atoms with Crippen LogP contribution in [0.25, 0.3) is 0 Å². The fraction of sp³-hybridized carbons (Fsp3) is 0.455. The highest BCUT2D eigenvalue weighted by atomic mass is 35.5. The molecule has 4 N–H and O–H groups in total. The van der Waals surface area contributed by atoms with Gasteiger partial charge in [-0.1, -0.05) is 30.3 Å². The molecule has 0 bridgehead atoms. The van der Waals surface area contributed by atoms with E-state index >= 15 is 0 Å². The van der Waals surface area contributed by atoms with Crippen LogP contribution in [0.3, 0.4) is 0 Å². The molecule has 0 fully saturated rings. The van der Waals surface area contributed by atoms with Gasteiger partial charge in [0.2, 0.25) is 0 Å². The topological polar surface area (TPSA) is 93.2 Å². The molecule has 0 aliphatic heterocycles. The van der Waals surface area contributed by atoms with Gasteiger partial charge in [-0.3, -0.25) is 10.1 Å². The lowest BCUT2D eigenvalue weighted by Crippen LogP contribution is -2.35. The Morgan fingerprint density at radius 2 is 1.70 bits per heavy atom. The molecule has 0 heterocycles. The van der Waals surface area contributed by atoms with Crippen LogP contribution in [0.5, 0.6) is 0 Å². The van der Waals surface area contributed by atoms with Crippen molar-refractivity contribution in [2.45, 2.75) is 6.17 Å². The van der Waals surface area contributed by atoms with E-state index in [0.717, 1.165) is 6.54 Å². The molecular weight excluding hydrogens is 327 g/mol. The molecule has 0 aliphatic carbocycles. The van der Waals surface area contributed by atoms with Crippen molar-refractivity contribution in [3.8, 4) is 0 Å². The van der Waals surface area contributed by atoms with Gasteiger partial charge in [0.05, 0.1) is 0 Å². The molecule has 20 heavy (non-hydrogen) atoms. The summed E-state index contributed by atoms with van der Waals surface area (Å²) in [6.45, 7) is 2.47. The first-order valence-corrected chi connectivity index (χ1v) is 5.58. The maximum absolute atomic E-state index is 10.9. The van der Waals surface area contributed by atoms with Gasteiger partial charge in [0.15, 0.2) is 0 Å². The molecule has 0 aromatic heterocycles. The van der Waals surface area contributed by atoms with Gasteiger partial charge < -0.3 is 11.1 Å². The van der Waals surface area contributed by atoms with E-state index < -0.39 is 6.17 Å². The van der Waals surface area contributed by atoms with Gasteiger partial charge >= 0.3 is 0 Å². The Hall–Kier alpha value is -0.630. The molecule has 0 saturated heterocycles. The molecule has 1 aromatic carbocycles. The summed E-state index contributed by atoms with van der Waals surface area (Å²) in [6.07, 6.45) is -0.851. The van der Waals surface area contributed by atoms with E-state index in [9.17, 15) is 10.1 Å². The largest absolute Gasteiger partial charge is 0.329 e. The number of benzene rings is 1. The fourth-order valence-electron chi connectivity index (χ4n) is 1.47. The number of hydrogen-bond donors (Lipinski definition) is 3. The summed E-state index contributed by atoms with van der Waals surface area (Å²) < 4.78 is 0. The van der Waals surface area contributed by atoms with Gasteiger partial charge in [0.25, 0.3) is 6.17 Å². The van der Waals surface area contributed by atoms with E-state index in [2.05, 4.69) is 10.6 Å². The molecule has 1 unspecified atom stereocenters. The van der Waals surface area contributed by atoms with Crippen molar-refractivity contribution in [3.63, 3.8) is 0 Å². The van der Waals surface area contributed by atoms with Crippen molar-refractivity contribution >= 4 is 37.2 Å². The van der Waals surface area contributed by atoms with Gasteiger partial charge in [-0.2, -0.15) is 0 Å². The summed E-state index contributed by atoms with van der Waals surface area (Å²) in [6, 6.07) is 8.91. The standard InChI is InChI=1S/C11H18N4O2.3ClH/c12-6-7-13-8-9-14-11(15(16)17)10-4-2-1-3-5-10;;;/h1-5,11,13-14H,6-9,12H2;3*1H. The van der Waals surface area contributed by atoms with Gasteiger partial charge in [-0.05, 0) is 0 Å². The van der Waals surface area contributed by atoms with Crippen molar-refractivity contribution in [1.82, 2.24) is 10.6 Å². The van der Waals surface area contributed by atoms with E-state index in [-0.39, 0.29) is 42.1 Å². The number of nitrogens with two attached hydrogens (primary N) is 1. The fourth-order valence-corrected chi connectivity index (χ4v) is 1.47. The molecule has 0 saturated carbocycles. The van der Waals surface area contributed by atoms with Crippen molar-refractivity contribution < 1.29 is 4.92 Å². The highest BCUT2D eigenvalue weighted by Gasteiger charge is 2.20. The lowest BCUT2D eigenvalue weighted by Gasteiger charge is -2.11. The highest BCUT2D eigenvalue weighted by molar-refractivity contribution is 5.86. The van der Waals surface area contributed by atoms with Gasteiger partial charge in [-0.25, -0.2) is 5.32 Å². The zero-order valence-electron chi connectivity index (χ0n) is 10.9. The van der Waals surface area contributed by atoms with E-state index in [1.165, 1.54) is 0 Å². The molecule has 0 spiro atoms. The summed E-state index contributed by atoms with van der Waals surface area (Å²) in [4.78, 5) is 10.6. The van der Waals surface area contributed by atoms with Crippen molar-refractivity contribution in [1.29, 1.82) is 0 Å². The summed E-state index contributed by atoms with van der Waals surface area (Å²) >= 11 is 0. The van der Waals surface area contributed by atoms with Gasteiger partial charge in [-0.15, -0.1) is 37.2 Å². The molecule has 118 valence electrons. The van der Waals surface area contributed by atoms with Crippen LogP contribution in [0.1, 0.15) is 11.7 Å². The number of rotatable bonds is 8. The van der Waals surface area contributed by atoms with Crippen LogP contribution < -0.4 is 16.4 Å². The third kappa shape index (κ3) is 9.30. The van der Waals surface area contributed by atoms with Crippen LogP contribution in [-0.2, 0) is 0 Å². The lowest BCUT2D eigenvalue weighted by molar-refractivity contribution is -0.536. The average molecular weight is 348 g/mol. The molecule has 0 aliphatic rings. The first kappa shape index (κ1) is 24.4. The van der Waals surface area contributed by atoms with Crippen LogP contribution in [0.4, 0.5) is 0 Å². The summed E-state index contributed by atoms with van der Waals surface area (Å²) in [5.41, 5.74) is 5.98. The number of nitrogens with zero attached hydrogens (tertiary/aromatic N) is 1. The first-order chi connectivity index (χ1) is 8.25. The van der Waals surface area contributed by atoms with Gasteiger partial charge in [0, 0.05) is 36.7 Å². The van der Waals surface area contributed by atoms with Crippen LogP contribution >= 0.6 is 37.2 Å². The van der Waals surface area contributed by atoms with E-state index in [1.807, 2.05) is 6.07 Å². The smallest absolute Gasteiger partial charge is 0.291 e. The number of hydrogen-bond acceptors (Lipinski definition) is 5. The normalized spacial score (nSPS) is 10.4. The molecule has 6 nitrogen and oxygen atoms in total. The third-order valence-corrected chi connectivity index (χ3v) is 2.29. The summed E-state index contributed by atoms with van der Waals surface area (Å²) in [7, 11) is 0. The quantitative estimate of drug-likeness (QED) is 0.286. The molecule has 9 heteroatoms. The van der Waals surface area contributed by atoms with E-state index in [4.69, 9.17) is 5.73 Å². The molecule has 1 atom stereocenters. The minimum atomic E-state index is -0.851. The molecule has 1 aromatic rings. The maximum atomic E-state index is 10.9. The Bertz CT molecular complexity index is 344. The Labute approximate surface area is 137 Å². The molecule has 1 rings (SSSR count). The van der Waals surface area contributed by atoms with E-state index in [0.29, 0.717) is 25.2 Å². The zero-order valence-corrected chi connectivity index (χ0v) is 13.3. The number of nitro groups is 1. The molecule has 0 radical (unpaired) electrons. The van der Waals surface area contributed by atoms with Crippen molar-refractivity contribution in [2.24, 2.45) is 5.73 Å². The number of nitrogens with one attached hydrogen (secondary N) is 2. The minimum absolute atomic E-state index is 0. The maximum Gasteiger partial charge on any atom is 0.291 e. The second-order valence-electron chi connectivity index (χ2n) is 3.59. The summed E-state index contributed by atoms with van der Waals surface area (Å²) in [5.74, 6) is 0. The van der Waals surface area contributed by atoms with Crippen LogP contribution in [0.15, 0.2) is 30.3 Å². The second-order valence-corrected chi connectivity index (χ2v) is 3.59. The predicted octanol–water partition coefficient (Wildman–Crippen LogP) is 1.37. The van der Waals surface area contributed by atoms with E-state index in [1.54, 1.807) is 24.3 Å². The predicted molar refractivity (Wildman–Crippen MR) is 87.8 cm³/mol. The minimum Gasteiger partial charge on any atom is -0.329 e. The first-order valence-electron chi connectivity index (χ1n) is 5.58. The highest BCUT2D eigenvalue weighted by Crippen LogP contribution is 2.12. The zero-order chi connectivity index (χ0) is 12.5. The lowest BCUT2D eigenvalue weighted by atomic mass is 10.2. The van der Waals surface area contributed by atoms with Crippen molar-refractivity contribution in [2.75, 3.05) is 26.2 Å². The van der Waals surface area contributed by atoms with Crippen LogP contribution in [-0.4, -0.2) is 31.1 Å². The van der Waals surface area contributed by atoms with Crippen LogP contribution in [0.2, 0.25) is 0 Å². The Balaban J connectivity index is -0.000000963. The second kappa shape index (κ2) is 14.8.